The van der Waals surface area contributed by atoms with Crippen molar-refractivity contribution in [3.8, 4) is 0 Å². The van der Waals surface area contributed by atoms with Crippen molar-refractivity contribution in [3.05, 3.63) is 33.3 Å². The van der Waals surface area contributed by atoms with Crippen LogP contribution in [0, 0.1) is 10.1 Å². The van der Waals surface area contributed by atoms with Gasteiger partial charge < -0.3 is 11.1 Å². The third kappa shape index (κ3) is 2.19. The molecule has 6 heteroatoms. The molecule has 0 aliphatic heterocycles. The van der Waals surface area contributed by atoms with Crippen molar-refractivity contribution in [3.63, 3.8) is 0 Å². The number of nitro groups is 1. The maximum atomic E-state index is 10.7. The second-order valence-electron chi connectivity index (χ2n) is 3.57. The number of nitrogens with zero attached hydrogens (tertiary/aromatic N) is 1. The Morgan fingerprint density at radius 1 is 1.60 bits per heavy atom. The molecule has 2 atom stereocenters. The first-order valence-corrected chi connectivity index (χ1v) is 4.92. The molecule has 0 aromatic heterocycles. The van der Waals surface area contributed by atoms with Crippen LogP contribution in [0.25, 0.3) is 0 Å². The highest BCUT2D eigenvalue weighted by molar-refractivity contribution is 6.30. The van der Waals surface area contributed by atoms with Crippen LogP contribution in [0.2, 0.25) is 5.02 Å². The molecule has 1 aromatic rings. The van der Waals surface area contributed by atoms with Gasteiger partial charge in [-0.15, -0.1) is 0 Å². The van der Waals surface area contributed by atoms with Crippen LogP contribution in [-0.4, -0.2) is 17.0 Å². The highest BCUT2D eigenvalue weighted by atomic mass is 35.5. The first-order valence-electron chi connectivity index (χ1n) is 4.54. The summed E-state index contributed by atoms with van der Waals surface area (Å²) in [4.78, 5) is 10.3. The van der Waals surface area contributed by atoms with Crippen LogP contribution in [0.3, 0.4) is 0 Å². The second kappa shape index (κ2) is 3.67. The monoisotopic (exact) mass is 227 g/mol. The Labute approximate surface area is 91.4 Å². The van der Waals surface area contributed by atoms with Crippen LogP contribution in [0.1, 0.15) is 6.42 Å². The third-order valence-electron chi connectivity index (χ3n) is 2.34. The fourth-order valence-corrected chi connectivity index (χ4v) is 1.52. The van der Waals surface area contributed by atoms with Gasteiger partial charge in [0.1, 0.15) is 5.69 Å². The van der Waals surface area contributed by atoms with Gasteiger partial charge in [-0.1, -0.05) is 11.6 Å². The van der Waals surface area contributed by atoms with Crippen molar-refractivity contribution < 1.29 is 4.92 Å². The van der Waals surface area contributed by atoms with Crippen LogP contribution < -0.4 is 11.1 Å². The number of nitrogens with two attached hydrogens (primary N) is 1. The number of halogens is 1. The average Bonchev–Trinajstić information content (AvgIpc) is 2.85. The van der Waals surface area contributed by atoms with Crippen molar-refractivity contribution >= 4 is 23.0 Å². The fourth-order valence-electron chi connectivity index (χ4n) is 1.36. The van der Waals surface area contributed by atoms with Crippen molar-refractivity contribution in [1.29, 1.82) is 0 Å². The predicted molar refractivity (Wildman–Crippen MR) is 58.1 cm³/mol. The summed E-state index contributed by atoms with van der Waals surface area (Å²) in [6.07, 6.45) is 0.847. The van der Waals surface area contributed by atoms with E-state index < -0.39 is 4.92 Å². The summed E-state index contributed by atoms with van der Waals surface area (Å²) in [6.45, 7) is 0. The molecule has 1 aliphatic carbocycles. The molecule has 80 valence electrons. The van der Waals surface area contributed by atoms with Gasteiger partial charge in [0.25, 0.3) is 5.69 Å². The van der Waals surface area contributed by atoms with E-state index in [4.69, 9.17) is 17.3 Å². The molecule has 0 spiro atoms. The highest BCUT2D eigenvalue weighted by Crippen LogP contribution is 2.32. The van der Waals surface area contributed by atoms with Gasteiger partial charge in [-0.25, -0.2) is 0 Å². The first kappa shape index (κ1) is 10.2. The zero-order valence-corrected chi connectivity index (χ0v) is 8.57. The number of benzene rings is 1. The Bertz CT molecular complexity index is 410. The Hall–Kier alpha value is -1.33. The van der Waals surface area contributed by atoms with Crippen LogP contribution in [0.5, 0.6) is 0 Å². The van der Waals surface area contributed by atoms with Gasteiger partial charge in [0.15, 0.2) is 0 Å². The van der Waals surface area contributed by atoms with Gasteiger partial charge in [-0.05, 0) is 18.6 Å². The van der Waals surface area contributed by atoms with Gasteiger partial charge in [0, 0.05) is 23.2 Å². The molecule has 15 heavy (non-hydrogen) atoms. The van der Waals surface area contributed by atoms with Crippen LogP contribution in [0.4, 0.5) is 11.4 Å². The maximum absolute atomic E-state index is 10.7. The van der Waals surface area contributed by atoms with Gasteiger partial charge in [0.2, 0.25) is 0 Å². The Kier molecular flexibility index (Phi) is 2.50. The van der Waals surface area contributed by atoms with Gasteiger partial charge in [-0.2, -0.15) is 0 Å². The summed E-state index contributed by atoms with van der Waals surface area (Å²) in [5.74, 6) is 0. The van der Waals surface area contributed by atoms with E-state index in [1.54, 1.807) is 12.1 Å². The molecular weight excluding hydrogens is 218 g/mol. The lowest BCUT2D eigenvalue weighted by Crippen LogP contribution is -2.13. The molecule has 3 N–H and O–H groups in total. The van der Waals surface area contributed by atoms with Crippen molar-refractivity contribution in [2.75, 3.05) is 5.32 Å². The number of hydrogen-bond acceptors (Lipinski definition) is 4. The average molecular weight is 228 g/mol. The summed E-state index contributed by atoms with van der Waals surface area (Å²) in [5, 5.41) is 14.1. The second-order valence-corrected chi connectivity index (χ2v) is 4.01. The molecule has 2 rings (SSSR count). The lowest BCUT2D eigenvalue weighted by Gasteiger charge is -2.05. The van der Waals surface area contributed by atoms with Crippen molar-refractivity contribution in [2.24, 2.45) is 5.73 Å². The SMILES string of the molecule is NC1CC1Nc1ccc(Cl)cc1[N+](=O)[O-]. The minimum Gasteiger partial charge on any atom is -0.375 e. The molecule has 0 bridgehead atoms. The topological polar surface area (TPSA) is 81.2 Å². The minimum absolute atomic E-state index is 0.0124. The normalized spacial score (nSPS) is 23.6. The van der Waals surface area contributed by atoms with E-state index in [1.807, 2.05) is 0 Å². The van der Waals surface area contributed by atoms with Gasteiger partial charge >= 0.3 is 0 Å². The highest BCUT2D eigenvalue weighted by Gasteiger charge is 2.34. The summed E-state index contributed by atoms with van der Waals surface area (Å²) >= 11 is 5.68. The van der Waals surface area contributed by atoms with Crippen molar-refractivity contribution in [2.45, 2.75) is 18.5 Å². The van der Waals surface area contributed by atoms with E-state index in [0.717, 1.165) is 6.42 Å². The predicted octanol–water partition coefficient (Wildman–Crippen LogP) is 1.76. The Morgan fingerprint density at radius 3 is 2.80 bits per heavy atom. The van der Waals surface area contributed by atoms with Crippen LogP contribution in [0.15, 0.2) is 18.2 Å². The molecule has 1 aliphatic rings. The third-order valence-corrected chi connectivity index (χ3v) is 2.57. The fraction of sp³-hybridized carbons (Fsp3) is 0.333. The van der Waals surface area contributed by atoms with E-state index >= 15 is 0 Å². The van der Waals surface area contributed by atoms with E-state index in [9.17, 15) is 10.1 Å². The minimum atomic E-state index is -0.456. The van der Waals surface area contributed by atoms with Crippen LogP contribution in [-0.2, 0) is 0 Å². The number of nitro benzene ring substituents is 1. The lowest BCUT2D eigenvalue weighted by molar-refractivity contribution is -0.383. The molecule has 0 radical (unpaired) electrons. The molecule has 1 fully saturated rings. The van der Waals surface area contributed by atoms with E-state index in [2.05, 4.69) is 5.32 Å². The van der Waals surface area contributed by atoms with Gasteiger partial charge in [-0.3, -0.25) is 10.1 Å². The van der Waals surface area contributed by atoms with E-state index in [0.29, 0.717) is 10.7 Å². The Morgan fingerprint density at radius 2 is 2.27 bits per heavy atom. The van der Waals surface area contributed by atoms with Gasteiger partial charge in [0.05, 0.1) is 4.92 Å². The van der Waals surface area contributed by atoms with E-state index in [-0.39, 0.29) is 17.8 Å². The molecule has 0 heterocycles. The smallest absolute Gasteiger partial charge is 0.293 e. The Balaban J connectivity index is 2.25. The first-order chi connectivity index (χ1) is 7.08. The number of nitrogens with one attached hydrogen (secondary N) is 1. The molecular formula is C9H10ClN3O2. The summed E-state index contributed by atoms with van der Waals surface area (Å²) in [7, 11) is 0. The summed E-state index contributed by atoms with van der Waals surface area (Å²) in [6, 6.07) is 4.79. The quantitative estimate of drug-likeness (QED) is 0.609. The molecule has 1 saturated carbocycles. The van der Waals surface area contributed by atoms with Crippen LogP contribution >= 0.6 is 11.6 Å². The molecule has 1 aromatic carbocycles. The van der Waals surface area contributed by atoms with E-state index in [1.165, 1.54) is 6.07 Å². The summed E-state index contributed by atoms with van der Waals surface area (Å²) < 4.78 is 0. The zero-order chi connectivity index (χ0) is 11.0. The molecule has 0 amide bonds. The molecule has 0 saturated heterocycles. The zero-order valence-electron chi connectivity index (χ0n) is 7.81. The number of rotatable bonds is 3. The lowest BCUT2D eigenvalue weighted by atomic mass is 10.2. The molecule has 2 unspecified atom stereocenters. The largest absolute Gasteiger partial charge is 0.375 e. The number of anilines is 1. The molecule has 5 nitrogen and oxygen atoms in total. The maximum Gasteiger partial charge on any atom is 0.293 e. The summed E-state index contributed by atoms with van der Waals surface area (Å²) in [5.41, 5.74) is 6.07. The standard InChI is InChI=1S/C9H10ClN3O2/c10-5-1-2-7(9(3-5)13(14)15)12-8-4-6(8)11/h1-3,6,8,12H,4,11H2. The number of hydrogen-bond donors (Lipinski definition) is 2. The van der Waals surface area contributed by atoms with Crippen molar-refractivity contribution in [1.82, 2.24) is 0 Å².